The summed E-state index contributed by atoms with van der Waals surface area (Å²) in [6, 6.07) is 8.43. The Hall–Kier alpha value is -2.80. The van der Waals surface area contributed by atoms with Gasteiger partial charge in [-0.15, -0.1) is 0 Å². The number of hydrogen-bond donors (Lipinski definition) is 1. The lowest BCUT2D eigenvalue weighted by Crippen LogP contribution is -2.48. The van der Waals surface area contributed by atoms with Gasteiger partial charge in [-0.1, -0.05) is 54.1 Å². The molecule has 0 spiro atoms. The van der Waals surface area contributed by atoms with E-state index >= 15 is 0 Å². The summed E-state index contributed by atoms with van der Waals surface area (Å²) >= 11 is 0. The smallest absolute Gasteiger partial charge is 0.306 e. The molecule has 188 valence electrons. The summed E-state index contributed by atoms with van der Waals surface area (Å²) in [7, 11) is 0. The predicted octanol–water partition coefficient (Wildman–Crippen LogP) is 4.67. The molecule has 1 unspecified atom stereocenters. The fourth-order valence-corrected chi connectivity index (χ4v) is 5.25. The molecular formula is C28H35F2N2O3+. The topological polar surface area (TPSA) is 55.3 Å². The molecule has 2 aliphatic carbocycles. The fraction of sp³-hybridized carbons (Fsp3) is 0.500. The van der Waals surface area contributed by atoms with Crippen molar-refractivity contribution in [1.29, 1.82) is 0 Å². The summed E-state index contributed by atoms with van der Waals surface area (Å²) < 4.78 is 37.7. The maximum Gasteiger partial charge on any atom is 0.306 e. The number of imidazole rings is 1. The maximum absolute atomic E-state index is 14.0. The Bertz CT molecular complexity index is 1090. The molecule has 0 radical (unpaired) electrons. The highest BCUT2D eigenvalue weighted by atomic mass is 19.3. The number of halogens is 2. The van der Waals surface area contributed by atoms with E-state index in [2.05, 4.69) is 35.8 Å². The molecule has 0 bridgehead atoms. The van der Waals surface area contributed by atoms with Crippen LogP contribution in [0.3, 0.4) is 0 Å². The van der Waals surface area contributed by atoms with Crippen molar-refractivity contribution in [2.45, 2.75) is 70.6 Å². The maximum atomic E-state index is 14.0. The van der Waals surface area contributed by atoms with Crippen molar-refractivity contribution < 1.29 is 28.0 Å². The Labute approximate surface area is 205 Å². The van der Waals surface area contributed by atoms with E-state index in [0.29, 0.717) is 19.4 Å². The molecule has 1 aromatic heterocycles. The average Bonchev–Trinajstić information content (AvgIpc) is 3.15. The minimum atomic E-state index is -2.77. The van der Waals surface area contributed by atoms with Crippen LogP contribution in [0.4, 0.5) is 8.78 Å². The first-order chi connectivity index (χ1) is 16.7. The number of carbonyl (C=O) groups is 1. The Morgan fingerprint density at radius 3 is 2.74 bits per heavy atom. The average molecular weight is 486 g/mol. The minimum Gasteiger partial charge on any atom is -0.461 e. The second-order valence-corrected chi connectivity index (χ2v) is 9.96. The number of benzene rings is 1. The standard InChI is InChI=1S/C28H35F2N2O3/c1-21-8-10-23(11-9-21)20-32-15-14-31(22(32)2)16-17-35-26(33)18-24-6-3-4-13-28(24,34)25-7-5-12-27(29,30)19-25/h3-4,6,8-11,13-15,24-25,34H,5,7,12,16-20H2,1-2H3/q+1/t24?,25-,28-/m1/s1. The fourth-order valence-electron chi connectivity index (χ4n) is 5.25. The molecule has 35 heavy (non-hydrogen) atoms. The summed E-state index contributed by atoms with van der Waals surface area (Å²) in [5.41, 5.74) is 0.978. The minimum absolute atomic E-state index is 0.0442. The largest absolute Gasteiger partial charge is 0.461 e. The van der Waals surface area contributed by atoms with Crippen molar-refractivity contribution in [3.63, 3.8) is 0 Å². The van der Waals surface area contributed by atoms with E-state index in [1.165, 1.54) is 11.1 Å². The zero-order valence-electron chi connectivity index (χ0n) is 20.5. The van der Waals surface area contributed by atoms with Crippen LogP contribution in [0, 0.1) is 25.7 Å². The van der Waals surface area contributed by atoms with Crippen LogP contribution in [0.2, 0.25) is 0 Å². The van der Waals surface area contributed by atoms with Crippen LogP contribution in [0.1, 0.15) is 49.1 Å². The Balaban J connectivity index is 1.30. The lowest BCUT2D eigenvalue weighted by atomic mass is 9.67. The van der Waals surface area contributed by atoms with Crippen molar-refractivity contribution in [3.8, 4) is 0 Å². The number of allylic oxidation sites excluding steroid dienone is 2. The van der Waals surface area contributed by atoms with E-state index in [9.17, 15) is 18.7 Å². The van der Waals surface area contributed by atoms with Crippen LogP contribution in [0.15, 0.2) is 61.0 Å². The van der Waals surface area contributed by atoms with Gasteiger partial charge in [-0.2, -0.15) is 0 Å². The second kappa shape index (κ2) is 10.4. The summed E-state index contributed by atoms with van der Waals surface area (Å²) in [6.07, 6.45) is 11.1. The monoisotopic (exact) mass is 485 g/mol. The summed E-state index contributed by atoms with van der Waals surface area (Å²) in [5, 5.41) is 11.3. The molecule has 3 atom stereocenters. The zero-order valence-corrected chi connectivity index (χ0v) is 20.5. The number of rotatable bonds is 8. The molecule has 0 saturated heterocycles. The molecule has 0 amide bonds. The number of aromatic nitrogens is 2. The van der Waals surface area contributed by atoms with E-state index in [1.807, 2.05) is 23.9 Å². The number of ether oxygens (including phenoxy) is 1. The van der Waals surface area contributed by atoms with Gasteiger partial charge in [0.15, 0.2) is 0 Å². The van der Waals surface area contributed by atoms with Crippen LogP contribution in [0.25, 0.3) is 0 Å². The third kappa shape index (κ3) is 6.07. The van der Waals surface area contributed by atoms with E-state index in [4.69, 9.17) is 4.74 Å². The molecule has 0 aliphatic heterocycles. The SMILES string of the molecule is Cc1ccc(C[n+]2ccn(CCOC(=O)CC3C=CC=C[C@]3(O)[C@@H]3CCCC(F)(F)C3)c2C)cc1. The number of esters is 1. The first-order valence-electron chi connectivity index (χ1n) is 12.4. The van der Waals surface area contributed by atoms with Gasteiger partial charge in [0.2, 0.25) is 5.92 Å². The quantitative estimate of drug-likeness (QED) is 0.437. The molecule has 1 aromatic carbocycles. The van der Waals surface area contributed by atoms with Crippen LogP contribution in [-0.4, -0.2) is 33.8 Å². The number of hydrogen-bond acceptors (Lipinski definition) is 3. The van der Waals surface area contributed by atoms with Crippen molar-refractivity contribution in [3.05, 3.63) is 77.9 Å². The van der Waals surface area contributed by atoms with Crippen LogP contribution in [0.5, 0.6) is 0 Å². The molecular weight excluding hydrogens is 450 g/mol. The van der Waals surface area contributed by atoms with E-state index in [1.54, 1.807) is 24.3 Å². The predicted molar refractivity (Wildman–Crippen MR) is 129 cm³/mol. The Morgan fingerprint density at radius 1 is 1.23 bits per heavy atom. The van der Waals surface area contributed by atoms with Gasteiger partial charge in [-0.3, -0.25) is 4.79 Å². The summed E-state index contributed by atoms with van der Waals surface area (Å²) in [6.45, 7) is 5.56. The highest BCUT2D eigenvalue weighted by Gasteiger charge is 2.48. The number of nitrogens with zero attached hydrogens (tertiary/aromatic N) is 2. The third-order valence-corrected chi connectivity index (χ3v) is 7.42. The molecule has 5 nitrogen and oxygen atoms in total. The van der Waals surface area contributed by atoms with Gasteiger partial charge in [0, 0.05) is 25.7 Å². The summed E-state index contributed by atoms with van der Waals surface area (Å²) in [5.74, 6) is -3.33. The van der Waals surface area contributed by atoms with Crippen molar-refractivity contribution in [2.24, 2.45) is 11.8 Å². The lowest BCUT2D eigenvalue weighted by Gasteiger charge is -2.43. The summed E-state index contributed by atoms with van der Waals surface area (Å²) in [4.78, 5) is 12.6. The Morgan fingerprint density at radius 2 is 2.00 bits per heavy atom. The molecule has 1 N–H and O–H groups in total. The first kappa shape index (κ1) is 25.3. The molecule has 2 aromatic rings. The van der Waals surface area contributed by atoms with Gasteiger partial charge >= 0.3 is 5.97 Å². The molecule has 1 fully saturated rings. The van der Waals surface area contributed by atoms with Crippen LogP contribution < -0.4 is 4.57 Å². The van der Waals surface area contributed by atoms with Gasteiger partial charge in [-0.25, -0.2) is 17.9 Å². The van der Waals surface area contributed by atoms with Crippen molar-refractivity contribution >= 4 is 5.97 Å². The number of carbonyl (C=O) groups excluding carboxylic acids is 1. The molecule has 1 heterocycles. The first-order valence-corrected chi connectivity index (χ1v) is 12.4. The van der Waals surface area contributed by atoms with E-state index in [0.717, 1.165) is 12.4 Å². The normalized spacial score (nSPS) is 25.5. The highest BCUT2D eigenvalue weighted by Crippen LogP contribution is 2.46. The van der Waals surface area contributed by atoms with Gasteiger partial charge in [-0.05, 0) is 31.2 Å². The zero-order chi connectivity index (χ0) is 25.1. The van der Waals surface area contributed by atoms with Gasteiger partial charge in [0.25, 0.3) is 5.82 Å². The molecule has 2 aliphatic rings. The van der Waals surface area contributed by atoms with Crippen LogP contribution in [-0.2, 0) is 22.6 Å². The number of aryl methyl sites for hydroxylation is 1. The van der Waals surface area contributed by atoms with Gasteiger partial charge in [0.05, 0.1) is 12.0 Å². The van der Waals surface area contributed by atoms with Crippen LogP contribution >= 0.6 is 0 Å². The second-order valence-electron chi connectivity index (χ2n) is 9.96. The molecule has 7 heteroatoms. The molecule has 1 saturated carbocycles. The van der Waals surface area contributed by atoms with Crippen molar-refractivity contribution in [1.82, 2.24) is 4.57 Å². The third-order valence-electron chi connectivity index (χ3n) is 7.42. The van der Waals surface area contributed by atoms with Gasteiger partial charge < -0.3 is 9.84 Å². The van der Waals surface area contributed by atoms with E-state index in [-0.39, 0.29) is 25.9 Å². The Kier molecular flexibility index (Phi) is 7.55. The van der Waals surface area contributed by atoms with E-state index < -0.39 is 29.3 Å². The van der Waals surface area contributed by atoms with Gasteiger partial charge in [0.1, 0.15) is 32.1 Å². The highest BCUT2D eigenvalue weighted by molar-refractivity contribution is 5.70. The number of aliphatic hydroxyl groups is 1. The lowest BCUT2D eigenvalue weighted by molar-refractivity contribution is -0.694. The number of alkyl halides is 2. The van der Waals surface area contributed by atoms with Crippen molar-refractivity contribution in [2.75, 3.05) is 6.61 Å². The molecule has 4 rings (SSSR count).